The Morgan fingerprint density at radius 2 is 2.27 bits per heavy atom. The van der Waals surface area contributed by atoms with Gasteiger partial charge in [0.15, 0.2) is 0 Å². The summed E-state index contributed by atoms with van der Waals surface area (Å²) < 4.78 is 5.57. The quantitative estimate of drug-likeness (QED) is 0.825. The SMILES string of the molecule is Cc1ccc(CN(C)C2CCCC2N)o1. The van der Waals surface area contributed by atoms with Crippen molar-refractivity contribution in [3.63, 3.8) is 0 Å². The fraction of sp³-hybridized carbons (Fsp3) is 0.667. The maximum atomic E-state index is 6.07. The molecule has 3 heteroatoms. The molecule has 1 saturated carbocycles. The summed E-state index contributed by atoms with van der Waals surface area (Å²) in [5.74, 6) is 2.02. The molecule has 84 valence electrons. The maximum Gasteiger partial charge on any atom is 0.118 e. The van der Waals surface area contributed by atoms with E-state index in [-0.39, 0.29) is 0 Å². The van der Waals surface area contributed by atoms with Crippen molar-refractivity contribution < 1.29 is 4.42 Å². The molecular weight excluding hydrogens is 188 g/mol. The molecule has 0 aromatic carbocycles. The monoisotopic (exact) mass is 208 g/mol. The van der Waals surface area contributed by atoms with Crippen molar-refractivity contribution in [1.29, 1.82) is 0 Å². The molecule has 0 radical (unpaired) electrons. The van der Waals surface area contributed by atoms with Crippen LogP contribution in [0.15, 0.2) is 16.5 Å². The van der Waals surface area contributed by atoms with Crippen molar-refractivity contribution in [3.05, 3.63) is 23.7 Å². The topological polar surface area (TPSA) is 42.4 Å². The molecule has 1 aliphatic carbocycles. The standard InChI is InChI=1S/C12H20N2O/c1-9-6-7-10(15-9)8-14(2)12-5-3-4-11(12)13/h6-7,11-12H,3-5,8,13H2,1-2H3. The number of likely N-dealkylation sites (N-methyl/N-ethyl adjacent to an activating group) is 1. The van der Waals surface area contributed by atoms with Crippen molar-refractivity contribution in [2.75, 3.05) is 7.05 Å². The van der Waals surface area contributed by atoms with Crippen LogP contribution < -0.4 is 5.73 Å². The third-order valence-electron chi connectivity index (χ3n) is 3.30. The fourth-order valence-corrected chi connectivity index (χ4v) is 2.45. The Bertz CT molecular complexity index is 321. The van der Waals surface area contributed by atoms with Gasteiger partial charge in [0.05, 0.1) is 6.54 Å². The van der Waals surface area contributed by atoms with E-state index in [0.717, 1.165) is 24.5 Å². The van der Waals surface area contributed by atoms with E-state index < -0.39 is 0 Å². The van der Waals surface area contributed by atoms with E-state index in [1.165, 1.54) is 12.8 Å². The smallest absolute Gasteiger partial charge is 0.118 e. The molecule has 0 amide bonds. The van der Waals surface area contributed by atoms with Crippen molar-refractivity contribution in [1.82, 2.24) is 4.90 Å². The Kier molecular flexibility index (Phi) is 3.12. The van der Waals surface area contributed by atoms with Gasteiger partial charge in [-0.25, -0.2) is 0 Å². The van der Waals surface area contributed by atoms with E-state index in [9.17, 15) is 0 Å². The van der Waals surface area contributed by atoms with Crippen LogP contribution in [0.1, 0.15) is 30.8 Å². The molecule has 3 nitrogen and oxygen atoms in total. The maximum absolute atomic E-state index is 6.07. The molecule has 2 atom stereocenters. The van der Waals surface area contributed by atoms with E-state index in [4.69, 9.17) is 10.2 Å². The van der Waals surface area contributed by atoms with E-state index in [0.29, 0.717) is 12.1 Å². The van der Waals surface area contributed by atoms with Crippen molar-refractivity contribution in [2.24, 2.45) is 5.73 Å². The number of nitrogens with zero attached hydrogens (tertiary/aromatic N) is 1. The predicted octanol–water partition coefficient (Wildman–Crippen LogP) is 1.90. The number of nitrogens with two attached hydrogens (primary N) is 1. The van der Waals surface area contributed by atoms with Crippen LogP contribution >= 0.6 is 0 Å². The normalized spacial score (nSPS) is 26.4. The van der Waals surface area contributed by atoms with Crippen LogP contribution in [-0.2, 0) is 6.54 Å². The summed E-state index contributed by atoms with van der Waals surface area (Å²) in [5, 5.41) is 0. The first-order valence-electron chi connectivity index (χ1n) is 5.68. The molecule has 2 N–H and O–H groups in total. The van der Waals surface area contributed by atoms with Gasteiger partial charge in [0.2, 0.25) is 0 Å². The van der Waals surface area contributed by atoms with Gasteiger partial charge in [-0.05, 0) is 38.9 Å². The van der Waals surface area contributed by atoms with Gasteiger partial charge < -0.3 is 10.2 Å². The van der Waals surface area contributed by atoms with Gasteiger partial charge in [-0.2, -0.15) is 0 Å². The molecule has 2 unspecified atom stereocenters. The summed E-state index contributed by atoms with van der Waals surface area (Å²) in [6.07, 6.45) is 3.64. The molecule has 2 rings (SSSR count). The Labute approximate surface area is 91.2 Å². The van der Waals surface area contributed by atoms with E-state index in [1.54, 1.807) is 0 Å². The zero-order valence-electron chi connectivity index (χ0n) is 9.57. The number of hydrogen-bond acceptors (Lipinski definition) is 3. The second kappa shape index (κ2) is 4.37. The number of aryl methyl sites for hydroxylation is 1. The fourth-order valence-electron chi connectivity index (χ4n) is 2.45. The van der Waals surface area contributed by atoms with Crippen LogP contribution in [-0.4, -0.2) is 24.0 Å². The minimum Gasteiger partial charge on any atom is -0.465 e. The average molecular weight is 208 g/mol. The van der Waals surface area contributed by atoms with Gasteiger partial charge >= 0.3 is 0 Å². The summed E-state index contributed by atoms with van der Waals surface area (Å²) in [4.78, 5) is 2.32. The second-order valence-corrected chi connectivity index (χ2v) is 4.59. The Morgan fingerprint density at radius 1 is 1.47 bits per heavy atom. The van der Waals surface area contributed by atoms with Crippen LogP contribution in [0.4, 0.5) is 0 Å². The third-order valence-corrected chi connectivity index (χ3v) is 3.30. The molecule has 1 aromatic rings. The molecule has 1 aliphatic rings. The highest BCUT2D eigenvalue weighted by Gasteiger charge is 2.27. The van der Waals surface area contributed by atoms with Gasteiger partial charge in [0.25, 0.3) is 0 Å². The Balaban J connectivity index is 1.94. The minimum absolute atomic E-state index is 0.339. The first kappa shape index (κ1) is 10.7. The molecule has 0 saturated heterocycles. The van der Waals surface area contributed by atoms with Gasteiger partial charge in [-0.1, -0.05) is 6.42 Å². The van der Waals surface area contributed by atoms with Gasteiger partial charge in [-0.15, -0.1) is 0 Å². The molecule has 1 aromatic heterocycles. The Hall–Kier alpha value is -0.800. The van der Waals surface area contributed by atoms with Crippen LogP contribution in [0.3, 0.4) is 0 Å². The molecular formula is C12H20N2O. The lowest BCUT2D eigenvalue weighted by Gasteiger charge is -2.26. The lowest BCUT2D eigenvalue weighted by Crippen LogP contribution is -2.41. The first-order valence-corrected chi connectivity index (χ1v) is 5.68. The van der Waals surface area contributed by atoms with E-state index in [1.807, 2.05) is 19.1 Å². The lowest BCUT2D eigenvalue weighted by molar-refractivity contribution is 0.204. The summed E-state index contributed by atoms with van der Waals surface area (Å²) in [5.41, 5.74) is 6.07. The first-order chi connectivity index (χ1) is 7.16. The summed E-state index contributed by atoms with van der Waals surface area (Å²) in [6.45, 7) is 2.84. The van der Waals surface area contributed by atoms with Gasteiger partial charge in [-0.3, -0.25) is 4.90 Å². The van der Waals surface area contributed by atoms with Crippen LogP contribution in [0.2, 0.25) is 0 Å². The summed E-state index contributed by atoms with van der Waals surface area (Å²) >= 11 is 0. The molecule has 15 heavy (non-hydrogen) atoms. The molecule has 0 bridgehead atoms. The zero-order chi connectivity index (χ0) is 10.8. The Morgan fingerprint density at radius 3 is 2.80 bits per heavy atom. The lowest BCUT2D eigenvalue weighted by atomic mass is 10.1. The predicted molar refractivity (Wildman–Crippen MR) is 60.5 cm³/mol. The minimum atomic E-state index is 0.339. The zero-order valence-corrected chi connectivity index (χ0v) is 9.57. The number of rotatable bonds is 3. The van der Waals surface area contributed by atoms with Crippen molar-refractivity contribution >= 4 is 0 Å². The van der Waals surface area contributed by atoms with Gasteiger partial charge in [0.1, 0.15) is 11.5 Å². The molecule has 1 heterocycles. The van der Waals surface area contributed by atoms with Crippen molar-refractivity contribution in [2.45, 2.75) is 44.8 Å². The summed E-state index contributed by atoms with van der Waals surface area (Å²) in [7, 11) is 2.13. The molecule has 0 aliphatic heterocycles. The van der Waals surface area contributed by atoms with Crippen LogP contribution in [0.25, 0.3) is 0 Å². The molecule has 0 spiro atoms. The van der Waals surface area contributed by atoms with E-state index in [2.05, 4.69) is 11.9 Å². The van der Waals surface area contributed by atoms with E-state index >= 15 is 0 Å². The number of hydrogen-bond donors (Lipinski definition) is 1. The van der Waals surface area contributed by atoms with Crippen LogP contribution in [0.5, 0.6) is 0 Å². The van der Waals surface area contributed by atoms with Crippen LogP contribution in [0, 0.1) is 6.92 Å². The largest absolute Gasteiger partial charge is 0.465 e. The average Bonchev–Trinajstić information content (AvgIpc) is 2.75. The highest BCUT2D eigenvalue weighted by molar-refractivity contribution is 5.05. The molecule has 1 fully saturated rings. The van der Waals surface area contributed by atoms with Gasteiger partial charge in [0, 0.05) is 12.1 Å². The highest BCUT2D eigenvalue weighted by Crippen LogP contribution is 2.23. The van der Waals surface area contributed by atoms with Crippen molar-refractivity contribution in [3.8, 4) is 0 Å². The second-order valence-electron chi connectivity index (χ2n) is 4.59. The number of furan rings is 1. The third kappa shape index (κ3) is 2.41. The summed E-state index contributed by atoms with van der Waals surface area (Å²) in [6, 6.07) is 4.92. The highest BCUT2D eigenvalue weighted by atomic mass is 16.3.